The summed E-state index contributed by atoms with van der Waals surface area (Å²) in [6.07, 6.45) is 7.87. The molecule has 3 aromatic rings. The van der Waals surface area contributed by atoms with E-state index < -0.39 is 0 Å². The van der Waals surface area contributed by atoms with Crippen molar-refractivity contribution in [2.24, 2.45) is 0 Å². The Morgan fingerprint density at radius 2 is 1.79 bits per heavy atom. The fourth-order valence-electron chi connectivity index (χ4n) is 4.13. The molecule has 0 radical (unpaired) electrons. The number of anilines is 4. The highest BCUT2D eigenvalue weighted by Gasteiger charge is 2.17. The van der Waals surface area contributed by atoms with Gasteiger partial charge in [-0.1, -0.05) is 19.3 Å². The van der Waals surface area contributed by atoms with Crippen LogP contribution in [0.15, 0.2) is 30.6 Å². The standard InChI is InChI=1S/C21H27N7O/c1-2-4-15(5-3-1)25-21-26-19-18(22-14-23-19)20(27-21)24-16-6-8-17(9-7-16)28-10-12-29-13-11-28/h6-9,14-15H,1-5,10-13H2,(H3,22,23,24,25,26,27). The minimum absolute atomic E-state index is 0.445. The van der Waals surface area contributed by atoms with Gasteiger partial charge in [-0.05, 0) is 37.1 Å². The average molecular weight is 393 g/mol. The molecule has 5 rings (SSSR count). The molecule has 8 heteroatoms. The van der Waals surface area contributed by atoms with Gasteiger partial charge in [-0.25, -0.2) is 4.98 Å². The molecule has 2 aliphatic rings. The van der Waals surface area contributed by atoms with Crippen molar-refractivity contribution in [1.29, 1.82) is 0 Å². The van der Waals surface area contributed by atoms with Gasteiger partial charge in [-0.15, -0.1) is 0 Å². The van der Waals surface area contributed by atoms with E-state index in [1.54, 1.807) is 6.33 Å². The molecule has 1 aliphatic heterocycles. The largest absolute Gasteiger partial charge is 0.378 e. The third-order valence-electron chi connectivity index (χ3n) is 5.73. The number of aromatic amines is 1. The molecule has 0 bridgehead atoms. The smallest absolute Gasteiger partial charge is 0.227 e. The highest BCUT2D eigenvalue weighted by atomic mass is 16.5. The van der Waals surface area contributed by atoms with Crippen LogP contribution in [0.5, 0.6) is 0 Å². The lowest BCUT2D eigenvalue weighted by Crippen LogP contribution is -2.36. The van der Waals surface area contributed by atoms with Crippen LogP contribution in [0.4, 0.5) is 23.1 Å². The van der Waals surface area contributed by atoms with Gasteiger partial charge in [0.15, 0.2) is 11.5 Å². The number of morpholine rings is 1. The van der Waals surface area contributed by atoms with E-state index in [0.717, 1.165) is 43.3 Å². The lowest BCUT2D eigenvalue weighted by Gasteiger charge is -2.28. The first-order valence-electron chi connectivity index (χ1n) is 10.5. The topological polar surface area (TPSA) is 91.0 Å². The summed E-state index contributed by atoms with van der Waals surface area (Å²) in [6.45, 7) is 3.44. The minimum Gasteiger partial charge on any atom is -0.378 e. The van der Waals surface area contributed by atoms with Gasteiger partial charge in [0.1, 0.15) is 5.52 Å². The summed E-state index contributed by atoms with van der Waals surface area (Å²) < 4.78 is 5.44. The molecule has 1 aromatic carbocycles. The van der Waals surface area contributed by atoms with Crippen molar-refractivity contribution in [2.75, 3.05) is 41.8 Å². The Bertz CT molecular complexity index is 943. The molecule has 3 N–H and O–H groups in total. The number of ether oxygens (including phenoxy) is 1. The second-order valence-corrected chi connectivity index (χ2v) is 7.75. The molecule has 1 aliphatic carbocycles. The van der Waals surface area contributed by atoms with Crippen molar-refractivity contribution >= 4 is 34.3 Å². The quantitative estimate of drug-likeness (QED) is 0.609. The number of rotatable bonds is 5. The third kappa shape index (κ3) is 4.12. The van der Waals surface area contributed by atoms with E-state index in [4.69, 9.17) is 9.72 Å². The van der Waals surface area contributed by atoms with Gasteiger partial charge in [0.2, 0.25) is 5.95 Å². The van der Waals surface area contributed by atoms with E-state index >= 15 is 0 Å². The van der Waals surface area contributed by atoms with Gasteiger partial charge in [-0.2, -0.15) is 9.97 Å². The SMILES string of the molecule is c1nc2nc(NC3CCCCC3)nc(Nc3ccc(N4CCOCC4)cc3)c2[nH]1. The first kappa shape index (κ1) is 18.2. The van der Waals surface area contributed by atoms with E-state index in [-0.39, 0.29) is 0 Å². The number of imidazole rings is 1. The number of H-pyrrole nitrogens is 1. The predicted octanol–water partition coefficient (Wildman–Crippen LogP) is 3.68. The Hall–Kier alpha value is -2.87. The van der Waals surface area contributed by atoms with Crippen LogP contribution >= 0.6 is 0 Å². The van der Waals surface area contributed by atoms with E-state index in [2.05, 4.69) is 54.8 Å². The van der Waals surface area contributed by atoms with Crippen molar-refractivity contribution in [3.05, 3.63) is 30.6 Å². The first-order valence-corrected chi connectivity index (χ1v) is 10.5. The Kier molecular flexibility index (Phi) is 5.17. The summed E-state index contributed by atoms with van der Waals surface area (Å²) in [6, 6.07) is 8.90. The molecule has 1 saturated heterocycles. The van der Waals surface area contributed by atoms with Gasteiger partial charge in [0, 0.05) is 30.5 Å². The van der Waals surface area contributed by atoms with Crippen LogP contribution < -0.4 is 15.5 Å². The van der Waals surface area contributed by atoms with Crippen molar-refractivity contribution in [3.8, 4) is 0 Å². The molecule has 152 valence electrons. The van der Waals surface area contributed by atoms with Crippen LogP contribution in [0.1, 0.15) is 32.1 Å². The molecule has 2 aromatic heterocycles. The molecular formula is C21H27N7O. The Labute approximate surface area is 170 Å². The monoisotopic (exact) mass is 393 g/mol. The van der Waals surface area contributed by atoms with Crippen molar-refractivity contribution in [2.45, 2.75) is 38.1 Å². The van der Waals surface area contributed by atoms with Crippen LogP contribution in [0.3, 0.4) is 0 Å². The Morgan fingerprint density at radius 1 is 1.00 bits per heavy atom. The first-order chi connectivity index (χ1) is 14.3. The normalized spacial score (nSPS) is 18.1. The lowest BCUT2D eigenvalue weighted by atomic mass is 9.96. The molecule has 0 spiro atoms. The van der Waals surface area contributed by atoms with E-state index in [1.165, 1.54) is 37.8 Å². The molecule has 1 saturated carbocycles. The van der Waals surface area contributed by atoms with Crippen molar-refractivity contribution < 1.29 is 4.74 Å². The summed E-state index contributed by atoms with van der Waals surface area (Å²) in [4.78, 5) is 19.2. The van der Waals surface area contributed by atoms with E-state index in [9.17, 15) is 0 Å². The van der Waals surface area contributed by atoms with Gasteiger partial charge in [-0.3, -0.25) is 0 Å². The van der Waals surface area contributed by atoms with Crippen LogP contribution in [0.2, 0.25) is 0 Å². The fraction of sp³-hybridized carbons (Fsp3) is 0.476. The Balaban J connectivity index is 1.35. The van der Waals surface area contributed by atoms with Crippen LogP contribution in [0, 0.1) is 0 Å². The molecule has 8 nitrogen and oxygen atoms in total. The number of hydrogen-bond donors (Lipinski definition) is 3. The number of nitrogens with zero attached hydrogens (tertiary/aromatic N) is 4. The second kappa shape index (κ2) is 8.24. The molecular weight excluding hydrogens is 366 g/mol. The molecule has 0 amide bonds. The maximum absolute atomic E-state index is 5.44. The van der Waals surface area contributed by atoms with Gasteiger partial charge in [0.25, 0.3) is 0 Å². The molecule has 2 fully saturated rings. The molecule has 0 atom stereocenters. The zero-order valence-electron chi connectivity index (χ0n) is 16.5. The van der Waals surface area contributed by atoms with E-state index in [0.29, 0.717) is 17.6 Å². The fourth-order valence-corrected chi connectivity index (χ4v) is 4.13. The van der Waals surface area contributed by atoms with Crippen LogP contribution in [0.25, 0.3) is 11.2 Å². The van der Waals surface area contributed by atoms with Gasteiger partial charge >= 0.3 is 0 Å². The number of aromatic nitrogens is 4. The van der Waals surface area contributed by atoms with Crippen molar-refractivity contribution in [3.63, 3.8) is 0 Å². The summed E-state index contributed by atoms with van der Waals surface area (Å²) in [5.41, 5.74) is 3.69. The number of nitrogens with one attached hydrogen (secondary N) is 3. The van der Waals surface area contributed by atoms with Crippen molar-refractivity contribution in [1.82, 2.24) is 19.9 Å². The van der Waals surface area contributed by atoms with Crippen LogP contribution in [-0.4, -0.2) is 52.3 Å². The number of hydrogen-bond acceptors (Lipinski definition) is 7. The maximum atomic E-state index is 5.44. The average Bonchev–Trinajstić information content (AvgIpc) is 3.25. The summed E-state index contributed by atoms with van der Waals surface area (Å²) in [5, 5.41) is 6.94. The zero-order valence-corrected chi connectivity index (χ0v) is 16.5. The van der Waals surface area contributed by atoms with E-state index in [1.807, 2.05) is 0 Å². The van der Waals surface area contributed by atoms with Gasteiger partial charge in [0.05, 0.1) is 19.5 Å². The molecule has 29 heavy (non-hydrogen) atoms. The highest BCUT2D eigenvalue weighted by Crippen LogP contribution is 2.26. The van der Waals surface area contributed by atoms with Crippen LogP contribution in [-0.2, 0) is 4.74 Å². The highest BCUT2D eigenvalue weighted by molar-refractivity contribution is 5.86. The zero-order chi connectivity index (χ0) is 19.5. The second-order valence-electron chi connectivity index (χ2n) is 7.75. The minimum atomic E-state index is 0.445. The number of fused-ring (bicyclic) bond motifs is 1. The summed E-state index contributed by atoms with van der Waals surface area (Å²) >= 11 is 0. The summed E-state index contributed by atoms with van der Waals surface area (Å²) in [5.74, 6) is 1.38. The Morgan fingerprint density at radius 3 is 2.59 bits per heavy atom. The third-order valence-corrected chi connectivity index (χ3v) is 5.73. The van der Waals surface area contributed by atoms with Gasteiger partial charge < -0.3 is 25.3 Å². The maximum Gasteiger partial charge on any atom is 0.227 e. The molecule has 0 unspecified atom stereocenters. The predicted molar refractivity (Wildman–Crippen MR) is 115 cm³/mol. The molecule has 3 heterocycles. The lowest BCUT2D eigenvalue weighted by molar-refractivity contribution is 0.122. The summed E-state index contributed by atoms with van der Waals surface area (Å²) in [7, 11) is 0. The number of benzene rings is 1.